The summed E-state index contributed by atoms with van der Waals surface area (Å²) in [6.07, 6.45) is 8.79. The van der Waals surface area contributed by atoms with Gasteiger partial charge in [0.25, 0.3) is 0 Å². The van der Waals surface area contributed by atoms with E-state index in [4.69, 9.17) is 10.5 Å². The van der Waals surface area contributed by atoms with Gasteiger partial charge in [-0.3, -0.25) is 0 Å². The van der Waals surface area contributed by atoms with Crippen LogP contribution in [-0.4, -0.2) is 12.2 Å². The van der Waals surface area contributed by atoms with Crippen LogP contribution < -0.4 is 5.73 Å². The lowest BCUT2D eigenvalue weighted by Crippen LogP contribution is -2.41. The van der Waals surface area contributed by atoms with Crippen molar-refractivity contribution in [3.05, 3.63) is 35.4 Å². The summed E-state index contributed by atoms with van der Waals surface area (Å²) in [7, 11) is 0. The minimum Gasteiger partial charge on any atom is -0.373 e. The van der Waals surface area contributed by atoms with Crippen molar-refractivity contribution in [2.75, 3.05) is 6.61 Å². The second-order valence-electron chi connectivity index (χ2n) is 6.48. The van der Waals surface area contributed by atoms with Gasteiger partial charge in [0, 0.05) is 6.61 Å². The molecule has 0 amide bonds. The van der Waals surface area contributed by atoms with Crippen molar-refractivity contribution >= 4 is 0 Å². The highest BCUT2D eigenvalue weighted by Gasteiger charge is 2.41. The first kappa shape index (κ1) is 14.1. The molecule has 2 N–H and O–H groups in total. The molecule has 3 rings (SSSR count). The van der Waals surface area contributed by atoms with Crippen molar-refractivity contribution in [1.29, 1.82) is 0 Å². The number of hydrogen-bond donors (Lipinski definition) is 1. The summed E-state index contributed by atoms with van der Waals surface area (Å²) < 4.78 is 6.09. The molecule has 1 aromatic carbocycles. The predicted molar refractivity (Wildman–Crippen MR) is 82.8 cm³/mol. The number of nitrogens with two attached hydrogens (primary N) is 1. The smallest absolute Gasteiger partial charge is 0.0874 e. The van der Waals surface area contributed by atoms with Crippen molar-refractivity contribution in [3.8, 4) is 0 Å². The maximum atomic E-state index is 6.57. The molecule has 1 atom stereocenters. The van der Waals surface area contributed by atoms with Crippen molar-refractivity contribution in [3.63, 3.8) is 0 Å². The average molecular weight is 273 g/mol. The zero-order valence-corrected chi connectivity index (χ0v) is 12.6. The second-order valence-corrected chi connectivity index (χ2v) is 6.48. The predicted octanol–water partition coefficient (Wildman–Crippen LogP) is 4.30. The molecule has 2 nitrogen and oxygen atoms in total. The Balaban J connectivity index is 1.76. The second kappa shape index (κ2) is 5.87. The summed E-state index contributed by atoms with van der Waals surface area (Å²) in [5.74, 6) is 0.799. The SMILES string of the molecule is CCOC1(C(N)c2ccc(C3CCC3)cc2)CCCC1. The number of hydrogen-bond acceptors (Lipinski definition) is 2. The van der Waals surface area contributed by atoms with Crippen LogP contribution in [0.2, 0.25) is 0 Å². The Labute approximate surface area is 122 Å². The molecule has 0 bridgehead atoms. The fraction of sp³-hybridized carbons (Fsp3) is 0.667. The summed E-state index contributed by atoms with van der Waals surface area (Å²) in [6, 6.07) is 9.05. The fourth-order valence-electron chi connectivity index (χ4n) is 3.83. The van der Waals surface area contributed by atoms with Crippen molar-refractivity contribution < 1.29 is 4.74 Å². The number of benzene rings is 1. The largest absolute Gasteiger partial charge is 0.373 e. The molecule has 0 saturated heterocycles. The molecule has 0 aromatic heterocycles. The van der Waals surface area contributed by atoms with Crippen LogP contribution in [0.5, 0.6) is 0 Å². The van der Waals surface area contributed by atoms with Gasteiger partial charge in [0.2, 0.25) is 0 Å². The normalized spacial score (nSPS) is 23.5. The van der Waals surface area contributed by atoms with Gasteiger partial charge < -0.3 is 10.5 Å². The van der Waals surface area contributed by atoms with Crippen LogP contribution in [0.4, 0.5) is 0 Å². The lowest BCUT2D eigenvalue weighted by atomic mass is 9.79. The monoisotopic (exact) mass is 273 g/mol. The van der Waals surface area contributed by atoms with Gasteiger partial charge in [-0.1, -0.05) is 43.5 Å². The zero-order chi connectivity index (χ0) is 14.0. The van der Waals surface area contributed by atoms with Crippen molar-refractivity contribution in [2.24, 2.45) is 5.73 Å². The number of ether oxygens (including phenoxy) is 1. The van der Waals surface area contributed by atoms with Crippen LogP contribution in [0.15, 0.2) is 24.3 Å². The average Bonchev–Trinajstić information content (AvgIpc) is 2.87. The maximum Gasteiger partial charge on any atom is 0.0874 e. The third-order valence-electron chi connectivity index (χ3n) is 5.32. The molecular formula is C18H27NO. The molecule has 20 heavy (non-hydrogen) atoms. The molecule has 2 saturated carbocycles. The molecule has 110 valence electrons. The minimum atomic E-state index is -0.118. The van der Waals surface area contributed by atoms with Gasteiger partial charge in [-0.2, -0.15) is 0 Å². The Hall–Kier alpha value is -0.860. The van der Waals surface area contributed by atoms with Gasteiger partial charge in [-0.15, -0.1) is 0 Å². The Morgan fingerprint density at radius 1 is 1.15 bits per heavy atom. The highest BCUT2D eigenvalue weighted by atomic mass is 16.5. The first-order chi connectivity index (χ1) is 9.75. The Morgan fingerprint density at radius 3 is 2.30 bits per heavy atom. The topological polar surface area (TPSA) is 35.2 Å². The van der Waals surface area contributed by atoms with Crippen LogP contribution >= 0.6 is 0 Å². The zero-order valence-electron chi connectivity index (χ0n) is 12.6. The molecule has 2 aliphatic rings. The van der Waals surface area contributed by atoms with E-state index in [0.29, 0.717) is 0 Å². The molecule has 0 aliphatic heterocycles. The van der Waals surface area contributed by atoms with Crippen LogP contribution in [0.25, 0.3) is 0 Å². The maximum absolute atomic E-state index is 6.57. The van der Waals surface area contributed by atoms with E-state index in [1.165, 1.54) is 43.2 Å². The van der Waals surface area contributed by atoms with Crippen LogP contribution in [-0.2, 0) is 4.74 Å². The highest BCUT2D eigenvalue weighted by molar-refractivity contribution is 5.30. The summed E-state index contributed by atoms with van der Waals surface area (Å²) in [4.78, 5) is 0. The van der Waals surface area contributed by atoms with Crippen molar-refractivity contribution in [2.45, 2.75) is 69.4 Å². The van der Waals surface area contributed by atoms with E-state index >= 15 is 0 Å². The standard InChI is InChI=1S/C18H27NO/c1-2-20-18(12-3-4-13-18)17(19)16-10-8-15(9-11-16)14-6-5-7-14/h8-11,14,17H,2-7,12-13,19H2,1H3. The van der Waals surface area contributed by atoms with Gasteiger partial charge in [-0.25, -0.2) is 0 Å². The molecule has 0 heterocycles. The highest BCUT2D eigenvalue weighted by Crippen LogP contribution is 2.42. The first-order valence-electron chi connectivity index (χ1n) is 8.24. The summed E-state index contributed by atoms with van der Waals surface area (Å²) in [5, 5.41) is 0. The van der Waals surface area contributed by atoms with Crippen LogP contribution in [0.3, 0.4) is 0 Å². The minimum absolute atomic E-state index is 0.0143. The van der Waals surface area contributed by atoms with Gasteiger partial charge in [0.15, 0.2) is 0 Å². The third kappa shape index (κ3) is 2.51. The van der Waals surface area contributed by atoms with E-state index in [-0.39, 0.29) is 11.6 Å². The third-order valence-corrected chi connectivity index (χ3v) is 5.32. The molecular weight excluding hydrogens is 246 g/mol. The fourth-order valence-corrected chi connectivity index (χ4v) is 3.83. The molecule has 2 aliphatic carbocycles. The van der Waals surface area contributed by atoms with Crippen LogP contribution in [0.1, 0.15) is 75.0 Å². The van der Waals surface area contributed by atoms with E-state index < -0.39 is 0 Å². The quantitative estimate of drug-likeness (QED) is 0.868. The molecule has 2 heteroatoms. The van der Waals surface area contributed by atoms with Gasteiger partial charge in [0.1, 0.15) is 0 Å². The molecule has 1 aromatic rings. The Morgan fingerprint density at radius 2 is 1.80 bits per heavy atom. The number of rotatable bonds is 5. The Bertz CT molecular complexity index is 429. The van der Waals surface area contributed by atoms with E-state index in [1.807, 2.05) is 0 Å². The van der Waals surface area contributed by atoms with Gasteiger partial charge >= 0.3 is 0 Å². The lowest BCUT2D eigenvalue weighted by Gasteiger charge is -2.35. The van der Waals surface area contributed by atoms with E-state index in [0.717, 1.165) is 25.4 Å². The van der Waals surface area contributed by atoms with Crippen molar-refractivity contribution in [1.82, 2.24) is 0 Å². The molecule has 2 fully saturated rings. The van der Waals surface area contributed by atoms with E-state index in [9.17, 15) is 0 Å². The van der Waals surface area contributed by atoms with E-state index in [1.54, 1.807) is 0 Å². The summed E-state index contributed by atoms with van der Waals surface area (Å²) >= 11 is 0. The van der Waals surface area contributed by atoms with Crippen LogP contribution in [0, 0.1) is 0 Å². The summed E-state index contributed by atoms with van der Waals surface area (Å²) in [5.41, 5.74) is 9.18. The first-order valence-corrected chi connectivity index (χ1v) is 8.24. The summed E-state index contributed by atoms with van der Waals surface area (Å²) in [6.45, 7) is 2.83. The van der Waals surface area contributed by atoms with Gasteiger partial charge in [0.05, 0.1) is 11.6 Å². The lowest BCUT2D eigenvalue weighted by molar-refractivity contribution is -0.0536. The molecule has 1 unspecified atom stereocenters. The van der Waals surface area contributed by atoms with E-state index in [2.05, 4.69) is 31.2 Å². The molecule has 0 spiro atoms. The Kier molecular flexibility index (Phi) is 4.13. The molecule has 0 radical (unpaired) electrons. The van der Waals surface area contributed by atoms with Gasteiger partial charge in [-0.05, 0) is 49.7 Å².